The van der Waals surface area contributed by atoms with Crippen LogP contribution in [-0.4, -0.2) is 44.7 Å². The van der Waals surface area contributed by atoms with Crippen molar-refractivity contribution in [1.82, 2.24) is 5.32 Å². The van der Waals surface area contributed by atoms with Gasteiger partial charge >= 0.3 is 0 Å². The third-order valence-electron chi connectivity index (χ3n) is 5.99. The summed E-state index contributed by atoms with van der Waals surface area (Å²) in [6.45, 7) is 23.4. The van der Waals surface area contributed by atoms with E-state index in [0.29, 0.717) is 25.4 Å². The van der Waals surface area contributed by atoms with Crippen LogP contribution in [0.1, 0.15) is 108 Å². The van der Waals surface area contributed by atoms with Crippen molar-refractivity contribution in [1.29, 1.82) is 0 Å². The first-order chi connectivity index (χ1) is 14.0. The van der Waals surface area contributed by atoms with Gasteiger partial charge in [-0.25, -0.2) is 0 Å². The van der Waals surface area contributed by atoms with Gasteiger partial charge in [0.05, 0.1) is 25.7 Å². The second kappa shape index (κ2) is 13.2. The molecule has 0 fully saturated rings. The van der Waals surface area contributed by atoms with E-state index in [1.54, 1.807) is 0 Å². The zero-order valence-corrected chi connectivity index (χ0v) is 22.5. The molecule has 1 amide bonds. The number of carbonyl (C=O) groups excluding carboxylic acids is 1. The van der Waals surface area contributed by atoms with E-state index >= 15 is 0 Å². The minimum atomic E-state index is -0.402. The normalized spacial score (nSPS) is 13.6. The summed E-state index contributed by atoms with van der Waals surface area (Å²) < 4.78 is 12.2. The molecule has 0 aliphatic rings. The second-order valence-corrected chi connectivity index (χ2v) is 12.3. The number of hydrogen-bond acceptors (Lipinski definition) is 3. The molecule has 0 aromatic rings. The molecule has 31 heavy (non-hydrogen) atoms. The van der Waals surface area contributed by atoms with Crippen LogP contribution in [0.2, 0.25) is 6.32 Å². The van der Waals surface area contributed by atoms with Gasteiger partial charge in [0.25, 0.3) is 0 Å². The van der Waals surface area contributed by atoms with Gasteiger partial charge in [-0.2, -0.15) is 0 Å². The fourth-order valence-corrected chi connectivity index (χ4v) is 3.95. The first-order valence-electron chi connectivity index (χ1n) is 12.3. The molecule has 0 aromatic carbocycles. The zero-order valence-electron chi connectivity index (χ0n) is 22.5. The first-order valence-corrected chi connectivity index (χ1v) is 12.3. The molecule has 0 saturated heterocycles. The molecule has 182 valence electrons. The molecule has 4 nitrogen and oxygen atoms in total. The van der Waals surface area contributed by atoms with Crippen LogP contribution in [0.5, 0.6) is 0 Å². The smallest absolute Gasteiger partial charge is 0.225 e. The summed E-state index contributed by atoms with van der Waals surface area (Å²) in [5, 5.41) is 3.13. The van der Waals surface area contributed by atoms with E-state index in [1.807, 2.05) is 13.8 Å². The Balaban J connectivity index is 4.36. The van der Waals surface area contributed by atoms with Crippen molar-refractivity contribution in [2.24, 2.45) is 16.7 Å². The van der Waals surface area contributed by atoms with Gasteiger partial charge in [-0.3, -0.25) is 4.79 Å². The molecule has 0 saturated carbocycles. The maximum atomic E-state index is 12.8. The van der Waals surface area contributed by atoms with Gasteiger partial charge in [-0.15, -0.1) is 0 Å². The largest absolute Gasteiger partial charge is 0.375 e. The van der Waals surface area contributed by atoms with Crippen LogP contribution in [0.15, 0.2) is 0 Å². The fraction of sp³-hybridized carbons (Fsp3) is 0.962. The van der Waals surface area contributed by atoms with Crippen molar-refractivity contribution in [2.75, 3.05) is 19.8 Å². The standard InChI is InChI=1S/C26H52BNO3/c1-21(2)12-18-30-26(9,10)15-19-31-25(7,8)14-17-28-22(29)24(5,6)20-23(3,4)13-11-16-27/h21H,11-20H2,1-10H3,(H,28,29). The number of rotatable bonds is 17. The summed E-state index contributed by atoms with van der Waals surface area (Å²) in [5.74, 6) is 0.770. The molecular formula is C26H52BNO3. The van der Waals surface area contributed by atoms with Gasteiger partial charge in [0.1, 0.15) is 0 Å². The Bertz CT molecular complexity index is 513. The molecule has 0 atom stereocenters. The molecule has 0 heterocycles. The Hall–Kier alpha value is -0.545. The zero-order chi connectivity index (χ0) is 24.3. The van der Waals surface area contributed by atoms with Crippen molar-refractivity contribution in [3.63, 3.8) is 0 Å². The highest BCUT2D eigenvalue weighted by molar-refractivity contribution is 6.08. The summed E-state index contributed by atoms with van der Waals surface area (Å²) in [6.07, 6.45) is 6.29. The molecule has 5 heteroatoms. The van der Waals surface area contributed by atoms with E-state index < -0.39 is 5.41 Å². The van der Waals surface area contributed by atoms with E-state index in [-0.39, 0.29) is 22.5 Å². The fourth-order valence-electron chi connectivity index (χ4n) is 3.95. The van der Waals surface area contributed by atoms with Gasteiger partial charge in [0.2, 0.25) is 5.91 Å². The average molecular weight is 438 g/mol. The highest BCUT2D eigenvalue weighted by Crippen LogP contribution is 2.37. The van der Waals surface area contributed by atoms with Crippen LogP contribution < -0.4 is 5.32 Å². The highest BCUT2D eigenvalue weighted by atomic mass is 16.5. The summed E-state index contributed by atoms with van der Waals surface area (Å²) in [6, 6.07) is 0. The molecule has 0 unspecified atom stereocenters. The Labute approximate surface area is 195 Å². The predicted octanol–water partition coefficient (Wildman–Crippen LogP) is 6.33. The summed E-state index contributed by atoms with van der Waals surface area (Å²) in [4.78, 5) is 12.8. The minimum absolute atomic E-state index is 0.104. The van der Waals surface area contributed by atoms with Crippen LogP contribution in [0.4, 0.5) is 0 Å². The first kappa shape index (κ1) is 30.5. The van der Waals surface area contributed by atoms with E-state index in [1.165, 1.54) is 0 Å². The summed E-state index contributed by atoms with van der Waals surface area (Å²) in [7, 11) is 5.66. The number of ether oxygens (including phenoxy) is 2. The lowest BCUT2D eigenvalue weighted by Gasteiger charge is -2.34. The lowest BCUT2D eigenvalue weighted by Crippen LogP contribution is -2.42. The predicted molar refractivity (Wildman–Crippen MR) is 134 cm³/mol. The van der Waals surface area contributed by atoms with E-state index in [2.05, 4.69) is 60.7 Å². The number of carbonyl (C=O) groups is 1. The van der Waals surface area contributed by atoms with Crippen molar-refractivity contribution >= 4 is 13.8 Å². The van der Waals surface area contributed by atoms with E-state index in [9.17, 15) is 4.79 Å². The average Bonchev–Trinajstić information content (AvgIpc) is 2.57. The minimum Gasteiger partial charge on any atom is -0.375 e. The van der Waals surface area contributed by atoms with Crippen LogP contribution in [0, 0.1) is 16.7 Å². The summed E-state index contributed by atoms with van der Waals surface area (Å²) in [5.41, 5.74) is -0.765. The molecular weight excluding hydrogens is 385 g/mol. The lowest BCUT2D eigenvalue weighted by molar-refractivity contribution is -0.131. The van der Waals surface area contributed by atoms with Crippen LogP contribution >= 0.6 is 0 Å². The van der Waals surface area contributed by atoms with Crippen molar-refractivity contribution in [3.05, 3.63) is 0 Å². The quantitative estimate of drug-likeness (QED) is 0.271. The third kappa shape index (κ3) is 15.0. The molecule has 0 spiro atoms. The maximum Gasteiger partial charge on any atom is 0.225 e. The molecule has 1 N–H and O–H groups in total. The Kier molecular flexibility index (Phi) is 13.0. The molecule has 0 aliphatic heterocycles. The molecule has 2 radical (unpaired) electrons. The second-order valence-electron chi connectivity index (χ2n) is 12.3. The van der Waals surface area contributed by atoms with Crippen molar-refractivity contribution in [3.8, 4) is 0 Å². The van der Waals surface area contributed by atoms with Gasteiger partial charge in [0.15, 0.2) is 0 Å². The lowest BCUT2D eigenvalue weighted by atomic mass is 9.71. The van der Waals surface area contributed by atoms with Crippen molar-refractivity contribution in [2.45, 2.75) is 125 Å². The van der Waals surface area contributed by atoms with Crippen molar-refractivity contribution < 1.29 is 14.3 Å². The number of amides is 1. The van der Waals surface area contributed by atoms with Gasteiger partial charge in [-0.05, 0) is 71.1 Å². The highest BCUT2D eigenvalue weighted by Gasteiger charge is 2.34. The van der Waals surface area contributed by atoms with E-state index in [0.717, 1.165) is 45.1 Å². The molecule has 0 rings (SSSR count). The van der Waals surface area contributed by atoms with Gasteiger partial charge in [0, 0.05) is 18.6 Å². The Morgan fingerprint density at radius 3 is 1.97 bits per heavy atom. The van der Waals surface area contributed by atoms with E-state index in [4.69, 9.17) is 17.3 Å². The topological polar surface area (TPSA) is 47.6 Å². The number of nitrogens with one attached hydrogen (secondary N) is 1. The van der Waals surface area contributed by atoms with Gasteiger partial charge < -0.3 is 14.8 Å². The Morgan fingerprint density at radius 1 is 0.871 bits per heavy atom. The molecule has 0 bridgehead atoms. The Morgan fingerprint density at radius 2 is 1.42 bits per heavy atom. The number of hydrogen-bond donors (Lipinski definition) is 1. The molecule has 0 aliphatic carbocycles. The molecule has 0 aromatic heterocycles. The van der Waals surface area contributed by atoms with Gasteiger partial charge in [-0.1, -0.05) is 54.3 Å². The van der Waals surface area contributed by atoms with Crippen LogP contribution in [0.3, 0.4) is 0 Å². The monoisotopic (exact) mass is 437 g/mol. The van der Waals surface area contributed by atoms with Crippen LogP contribution in [0.25, 0.3) is 0 Å². The maximum absolute atomic E-state index is 12.8. The SMILES string of the molecule is [B]CCCC(C)(C)CC(C)(C)C(=O)NCCC(C)(C)OCCC(C)(C)OCCC(C)C. The summed E-state index contributed by atoms with van der Waals surface area (Å²) >= 11 is 0. The van der Waals surface area contributed by atoms with Crippen LogP contribution in [-0.2, 0) is 14.3 Å². The third-order valence-corrected chi connectivity index (χ3v) is 5.99.